The van der Waals surface area contributed by atoms with E-state index in [-0.39, 0.29) is 35.4 Å². The van der Waals surface area contributed by atoms with Crippen molar-refractivity contribution in [1.82, 2.24) is 19.1 Å². The Morgan fingerprint density at radius 3 is 2.43 bits per heavy atom. The van der Waals surface area contributed by atoms with Crippen LogP contribution in [0.15, 0.2) is 36.4 Å². The number of sulfonamides is 1. The normalized spacial score (nSPS) is 27.0. The van der Waals surface area contributed by atoms with Crippen molar-refractivity contribution in [2.75, 3.05) is 33.0 Å². The van der Waals surface area contributed by atoms with Gasteiger partial charge in [0.05, 0.1) is 18.3 Å². The van der Waals surface area contributed by atoms with Gasteiger partial charge in [-0.3, -0.25) is 9.59 Å². The van der Waals surface area contributed by atoms with E-state index in [1.54, 1.807) is 19.2 Å². The van der Waals surface area contributed by atoms with Crippen molar-refractivity contribution in [3.63, 3.8) is 0 Å². The molecule has 9 nitrogen and oxygen atoms in total. The van der Waals surface area contributed by atoms with Crippen molar-refractivity contribution in [2.45, 2.75) is 87.3 Å². The number of nitrogens with zero attached hydrogens (tertiary/aromatic N) is 3. The second-order valence-electron chi connectivity index (χ2n) is 14.2. The van der Waals surface area contributed by atoms with Gasteiger partial charge in [0.15, 0.2) is 0 Å². The Kier molecular flexibility index (Phi) is 7.22. The second-order valence-corrected chi connectivity index (χ2v) is 16.0. The molecule has 2 aliphatic carbocycles. The van der Waals surface area contributed by atoms with Gasteiger partial charge in [-0.15, -0.1) is 0 Å². The van der Waals surface area contributed by atoms with Crippen molar-refractivity contribution in [3.8, 4) is 17.0 Å². The first-order valence-corrected chi connectivity index (χ1v) is 18.4. The Bertz CT molecular complexity index is 1890. The number of methoxy groups -OCH3 is 1. The van der Waals surface area contributed by atoms with E-state index in [1.165, 1.54) is 12.0 Å². The summed E-state index contributed by atoms with van der Waals surface area (Å²) in [5, 5.41) is 0.946. The van der Waals surface area contributed by atoms with E-state index in [1.807, 2.05) is 16.9 Å². The summed E-state index contributed by atoms with van der Waals surface area (Å²) >= 11 is 0. The fourth-order valence-corrected chi connectivity index (χ4v) is 10.2. The smallest absolute Gasteiger partial charge is 0.264 e. The Morgan fingerprint density at radius 2 is 1.74 bits per heavy atom. The number of ether oxygens (including phenoxy) is 1. The third-order valence-corrected chi connectivity index (χ3v) is 12.6. The zero-order chi connectivity index (χ0) is 32.8. The number of benzene rings is 2. The maximum atomic E-state index is 15.2. The molecule has 3 aliphatic heterocycles. The number of hydrogen-bond donors (Lipinski definition) is 1. The molecule has 2 bridgehead atoms. The molecule has 5 aliphatic rings. The number of nitrogens with one attached hydrogen (secondary N) is 1. The third-order valence-electron chi connectivity index (χ3n) is 11.4. The van der Waals surface area contributed by atoms with Crippen LogP contribution in [0.5, 0.6) is 5.75 Å². The average molecular weight is 667 g/mol. The van der Waals surface area contributed by atoms with Gasteiger partial charge < -0.3 is 19.1 Å². The summed E-state index contributed by atoms with van der Waals surface area (Å²) in [4.78, 5) is 32.9. The van der Waals surface area contributed by atoms with Gasteiger partial charge in [0.2, 0.25) is 15.9 Å². The highest BCUT2D eigenvalue weighted by Gasteiger charge is 2.68. The van der Waals surface area contributed by atoms with Crippen LogP contribution in [0.1, 0.15) is 84.7 Å². The first kappa shape index (κ1) is 30.8. The van der Waals surface area contributed by atoms with E-state index >= 15 is 4.79 Å². The summed E-state index contributed by atoms with van der Waals surface area (Å²) in [6.07, 6.45) is 4.84. The van der Waals surface area contributed by atoms with E-state index in [0.29, 0.717) is 11.9 Å². The summed E-state index contributed by atoms with van der Waals surface area (Å²) in [5.74, 6) is -1.41. The number of carbonyl (C=O) groups is 2. The number of rotatable bonds is 7. The molecule has 2 aromatic carbocycles. The number of aromatic nitrogens is 1. The summed E-state index contributed by atoms with van der Waals surface area (Å²) in [7, 11) is -0.786. The standard InChI is InChI=1S/C35H40F2N4O5S/c1-39-17-22-9-10-23(18-39)40(22)34(43)35-16-28(35)27-15-24(46-2)11-13-25(27)32-31(20-6-4-3-5-7-20)26-12-8-21(14-29(26)41(32)35)33(42)38-47(44,45)19-30(36)37/h8,11-15,20,22-23,28,30H,3-7,9-10,16-19H2,1-2H3,(H,38,42). The molecule has 0 radical (unpaired) electrons. The molecule has 4 heterocycles. The fourth-order valence-electron chi connectivity index (χ4n) is 9.39. The van der Waals surface area contributed by atoms with E-state index in [4.69, 9.17) is 4.74 Å². The number of hydrogen-bond acceptors (Lipinski definition) is 6. The molecular formula is C35H40F2N4O5S. The van der Waals surface area contributed by atoms with Crippen LogP contribution >= 0.6 is 0 Å². The number of amides is 2. The Hall–Kier alpha value is -3.51. The van der Waals surface area contributed by atoms with Crippen LogP contribution in [0, 0.1) is 0 Å². The summed E-state index contributed by atoms with van der Waals surface area (Å²) in [6, 6.07) is 11.5. The number of fused-ring (bicyclic) bond motifs is 10. The monoisotopic (exact) mass is 666 g/mol. The molecule has 3 aromatic rings. The minimum atomic E-state index is -4.54. The molecule has 8 rings (SSSR count). The lowest BCUT2D eigenvalue weighted by Crippen LogP contribution is -2.58. The predicted molar refractivity (Wildman–Crippen MR) is 173 cm³/mol. The molecule has 2 saturated carbocycles. The Balaban J connectivity index is 1.34. The van der Waals surface area contributed by atoms with Gasteiger partial charge in [-0.25, -0.2) is 21.9 Å². The number of piperazine rings is 1. The van der Waals surface area contributed by atoms with Crippen molar-refractivity contribution in [3.05, 3.63) is 53.1 Å². The van der Waals surface area contributed by atoms with Crippen LogP contribution < -0.4 is 9.46 Å². The zero-order valence-corrected chi connectivity index (χ0v) is 27.5. The van der Waals surface area contributed by atoms with Gasteiger partial charge in [-0.05, 0) is 86.5 Å². The Morgan fingerprint density at radius 1 is 1.02 bits per heavy atom. The molecule has 4 fully saturated rings. The zero-order valence-electron chi connectivity index (χ0n) is 26.7. The van der Waals surface area contributed by atoms with Crippen molar-refractivity contribution in [1.29, 1.82) is 0 Å². The van der Waals surface area contributed by atoms with Crippen molar-refractivity contribution < 1.29 is 31.5 Å². The maximum Gasteiger partial charge on any atom is 0.264 e. The molecule has 1 aromatic heterocycles. The number of carbonyl (C=O) groups excluding carboxylic acids is 2. The molecule has 4 atom stereocenters. The Labute approximate surface area is 273 Å². The quantitative estimate of drug-likeness (QED) is 0.373. The van der Waals surface area contributed by atoms with Gasteiger partial charge in [0.25, 0.3) is 12.3 Å². The first-order chi connectivity index (χ1) is 22.5. The van der Waals surface area contributed by atoms with E-state index in [2.05, 4.69) is 33.5 Å². The van der Waals surface area contributed by atoms with Crippen molar-refractivity contribution in [2.24, 2.45) is 0 Å². The maximum absolute atomic E-state index is 15.2. The number of halogens is 2. The largest absolute Gasteiger partial charge is 0.497 e. The molecule has 47 heavy (non-hydrogen) atoms. The third kappa shape index (κ3) is 4.80. The number of alkyl halides is 2. The highest BCUT2D eigenvalue weighted by Crippen LogP contribution is 2.67. The van der Waals surface area contributed by atoms with Gasteiger partial charge >= 0.3 is 0 Å². The highest BCUT2D eigenvalue weighted by atomic mass is 32.2. The second kappa shape index (κ2) is 11.0. The van der Waals surface area contributed by atoms with Crippen LogP contribution in [-0.4, -0.2) is 86.1 Å². The molecule has 0 spiro atoms. The summed E-state index contributed by atoms with van der Waals surface area (Å²) in [6.45, 7) is 1.66. The van der Waals surface area contributed by atoms with E-state index < -0.39 is 33.6 Å². The minimum absolute atomic E-state index is 0.0471. The molecule has 4 unspecified atom stereocenters. The molecule has 2 amide bonds. The summed E-state index contributed by atoms with van der Waals surface area (Å²) < 4.78 is 60.2. The van der Waals surface area contributed by atoms with Crippen LogP contribution in [-0.2, 0) is 20.4 Å². The molecule has 1 N–H and O–H groups in total. The lowest BCUT2D eigenvalue weighted by molar-refractivity contribution is -0.142. The van der Waals surface area contributed by atoms with E-state index in [9.17, 15) is 22.0 Å². The predicted octanol–water partition coefficient (Wildman–Crippen LogP) is 5.19. The van der Waals surface area contributed by atoms with E-state index in [0.717, 1.165) is 79.6 Å². The first-order valence-electron chi connectivity index (χ1n) is 16.7. The fraction of sp³-hybridized carbons (Fsp3) is 0.543. The highest BCUT2D eigenvalue weighted by molar-refractivity contribution is 7.90. The van der Waals surface area contributed by atoms with Crippen LogP contribution in [0.2, 0.25) is 0 Å². The van der Waals surface area contributed by atoms with Crippen LogP contribution in [0.4, 0.5) is 8.78 Å². The lowest BCUT2D eigenvalue weighted by Gasteiger charge is -2.43. The lowest BCUT2D eigenvalue weighted by atomic mass is 9.80. The van der Waals surface area contributed by atoms with Gasteiger partial charge in [-0.1, -0.05) is 25.3 Å². The van der Waals surface area contributed by atoms with Crippen LogP contribution in [0.3, 0.4) is 0 Å². The summed E-state index contributed by atoms with van der Waals surface area (Å²) in [5.41, 5.74) is 4.18. The topological polar surface area (TPSA) is 101 Å². The van der Waals surface area contributed by atoms with Crippen molar-refractivity contribution >= 4 is 32.7 Å². The van der Waals surface area contributed by atoms with Gasteiger partial charge in [0, 0.05) is 47.6 Å². The molecule has 250 valence electrons. The molecule has 12 heteroatoms. The van der Waals surface area contributed by atoms with Gasteiger partial charge in [-0.2, -0.15) is 0 Å². The number of likely N-dealkylation sites (tertiary alicyclic amines) is 1. The van der Waals surface area contributed by atoms with Gasteiger partial charge in [0.1, 0.15) is 17.0 Å². The van der Waals surface area contributed by atoms with Crippen LogP contribution in [0.25, 0.3) is 22.2 Å². The molecular weight excluding hydrogens is 626 g/mol. The SMILES string of the molecule is COc1ccc2c(c1)C1CC1(C(=O)N1C3CCC1CN(C)C3)n1c-2c(C2CCCCC2)c2ccc(C(=O)NS(=O)(=O)CC(F)F)cc21. The molecule has 2 saturated heterocycles. The minimum Gasteiger partial charge on any atom is -0.497 e. The average Bonchev–Trinajstić information content (AvgIpc) is 3.62. The number of likely N-dealkylation sites (N-methyl/N-ethyl adjacent to an activating group) is 1.